The predicted molar refractivity (Wildman–Crippen MR) is 33.9 cm³/mol. The van der Waals surface area contributed by atoms with Crippen molar-refractivity contribution in [3.8, 4) is 0 Å². The van der Waals surface area contributed by atoms with Crippen LogP contribution in [0.3, 0.4) is 0 Å². The van der Waals surface area contributed by atoms with Crippen LogP contribution in [-0.4, -0.2) is 12.8 Å². The van der Waals surface area contributed by atoms with Gasteiger partial charge in [0.05, 0.1) is 0 Å². The Morgan fingerprint density at radius 2 is 2.33 bits per heavy atom. The van der Waals surface area contributed by atoms with Crippen LogP contribution in [0.25, 0.3) is 10.4 Å². The molecular weight excluding hydrogens is 118 g/mol. The fourth-order valence-electron chi connectivity index (χ4n) is 0.251. The highest BCUT2D eigenvalue weighted by Gasteiger charge is 2.13. The van der Waals surface area contributed by atoms with Crippen molar-refractivity contribution >= 4 is 6.29 Å². The van der Waals surface area contributed by atoms with Crippen molar-refractivity contribution in [2.75, 3.05) is 6.54 Å². The molecule has 0 saturated heterocycles. The number of azide groups is 1. The van der Waals surface area contributed by atoms with Gasteiger partial charge in [0.2, 0.25) is 0 Å². The van der Waals surface area contributed by atoms with Gasteiger partial charge in [-0.15, -0.1) is 0 Å². The van der Waals surface area contributed by atoms with Gasteiger partial charge in [0.1, 0.15) is 6.29 Å². The molecule has 0 aromatic heterocycles. The molecule has 0 aliphatic carbocycles. The highest BCUT2D eigenvalue weighted by Crippen LogP contribution is 2.10. The molecule has 0 aromatic carbocycles. The molecular formula is C5H9N3O. The number of carbonyl (C=O) groups excluding carboxylic acids is 1. The monoisotopic (exact) mass is 127 g/mol. The average molecular weight is 127 g/mol. The molecule has 9 heavy (non-hydrogen) atoms. The maximum atomic E-state index is 10.1. The molecule has 0 aromatic rings. The molecule has 0 atom stereocenters. The Balaban J connectivity index is 3.85. The third-order valence-electron chi connectivity index (χ3n) is 0.861. The summed E-state index contributed by atoms with van der Waals surface area (Å²) in [6, 6.07) is 0. The van der Waals surface area contributed by atoms with Crippen LogP contribution >= 0.6 is 0 Å². The summed E-state index contributed by atoms with van der Waals surface area (Å²) >= 11 is 0. The van der Waals surface area contributed by atoms with Gasteiger partial charge in [-0.3, -0.25) is 0 Å². The van der Waals surface area contributed by atoms with Crippen molar-refractivity contribution in [1.82, 2.24) is 0 Å². The van der Waals surface area contributed by atoms with E-state index >= 15 is 0 Å². The number of aldehydes is 1. The van der Waals surface area contributed by atoms with E-state index in [1.165, 1.54) is 0 Å². The lowest BCUT2D eigenvalue weighted by atomic mass is 9.97. The van der Waals surface area contributed by atoms with Crippen LogP contribution in [0.4, 0.5) is 0 Å². The first-order valence-electron chi connectivity index (χ1n) is 2.59. The van der Waals surface area contributed by atoms with Crippen molar-refractivity contribution in [3.05, 3.63) is 10.4 Å². The van der Waals surface area contributed by atoms with Gasteiger partial charge >= 0.3 is 0 Å². The number of hydrogen-bond donors (Lipinski definition) is 0. The van der Waals surface area contributed by atoms with Gasteiger partial charge in [-0.25, -0.2) is 0 Å². The van der Waals surface area contributed by atoms with Crippen LogP contribution in [-0.2, 0) is 4.79 Å². The van der Waals surface area contributed by atoms with E-state index in [0.29, 0.717) is 0 Å². The van der Waals surface area contributed by atoms with Crippen LogP contribution in [0.1, 0.15) is 13.8 Å². The molecule has 0 heterocycles. The quantitative estimate of drug-likeness (QED) is 0.245. The van der Waals surface area contributed by atoms with Crippen LogP contribution in [0.15, 0.2) is 5.11 Å². The third kappa shape index (κ3) is 3.55. The number of hydrogen-bond acceptors (Lipinski definition) is 2. The number of nitrogens with zero attached hydrogens (tertiary/aromatic N) is 3. The standard InChI is InChI=1S/C5H9N3O/c1-5(2,4-9)3-7-8-6/h4H,3H2,1-2H3. The average Bonchev–Trinajstić information content (AvgIpc) is 1.84. The van der Waals surface area contributed by atoms with E-state index in [4.69, 9.17) is 5.53 Å². The Labute approximate surface area is 53.5 Å². The van der Waals surface area contributed by atoms with Gasteiger partial charge < -0.3 is 4.79 Å². The Bertz CT molecular complexity index is 146. The molecule has 50 valence electrons. The van der Waals surface area contributed by atoms with Crippen LogP contribution in [0.5, 0.6) is 0 Å². The minimum absolute atomic E-state index is 0.229. The molecule has 0 spiro atoms. The van der Waals surface area contributed by atoms with Crippen LogP contribution < -0.4 is 0 Å². The van der Waals surface area contributed by atoms with Gasteiger partial charge in [-0.1, -0.05) is 19.0 Å². The second-order valence-corrected chi connectivity index (χ2v) is 2.50. The fraction of sp³-hybridized carbons (Fsp3) is 0.800. The molecule has 0 aliphatic rings. The minimum atomic E-state index is -0.508. The molecule has 4 nitrogen and oxygen atoms in total. The lowest BCUT2D eigenvalue weighted by Gasteiger charge is -2.10. The molecule has 0 aliphatic heterocycles. The van der Waals surface area contributed by atoms with Crippen molar-refractivity contribution in [2.45, 2.75) is 13.8 Å². The highest BCUT2D eigenvalue weighted by molar-refractivity contribution is 5.58. The SMILES string of the molecule is CC(C)(C=O)CN=[N+]=[N-]. The van der Waals surface area contributed by atoms with Gasteiger partial charge in [0.25, 0.3) is 0 Å². The summed E-state index contributed by atoms with van der Waals surface area (Å²) in [7, 11) is 0. The first kappa shape index (κ1) is 7.98. The van der Waals surface area contributed by atoms with E-state index in [2.05, 4.69) is 10.0 Å². The molecule has 0 radical (unpaired) electrons. The molecule has 0 unspecified atom stereocenters. The topological polar surface area (TPSA) is 65.8 Å². The summed E-state index contributed by atoms with van der Waals surface area (Å²) in [5.74, 6) is 0. The minimum Gasteiger partial charge on any atom is -0.303 e. The van der Waals surface area contributed by atoms with Gasteiger partial charge in [0.15, 0.2) is 0 Å². The van der Waals surface area contributed by atoms with Crippen molar-refractivity contribution < 1.29 is 4.79 Å². The smallest absolute Gasteiger partial charge is 0.125 e. The van der Waals surface area contributed by atoms with Gasteiger partial charge in [-0.2, -0.15) is 0 Å². The molecule has 0 N–H and O–H groups in total. The lowest BCUT2D eigenvalue weighted by molar-refractivity contribution is -0.114. The Morgan fingerprint density at radius 1 is 1.78 bits per heavy atom. The first-order valence-corrected chi connectivity index (χ1v) is 2.59. The van der Waals surface area contributed by atoms with E-state index in [1.807, 2.05) is 0 Å². The second-order valence-electron chi connectivity index (χ2n) is 2.50. The summed E-state index contributed by atoms with van der Waals surface area (Å²) in [5.41, 5.74) is 7.36. The molecule has 0 amide bonds. The third-order valence-corrected chi connectivity index (χ3v) is 0.861. The Hall–Kier alpha value is -1.02. The summed E-state index contributed by atoms with van der Waals surface area (Å²) in [6.45, 7) is 3.66. The zero-order valence-corrected chi connectivity index (χ0v) is 5.53. The maximum absolute atomic E-state index is 10.1. The van der Waals surface area contributed by atoms with E-state index in [9.17, 15) is 4.79 Å². The summed E-state index contributed by atoms with van der Waals surface area (Å²) in [6.07, 6.45) is 0.779. The largest absolute Gasteiger partial charge is 0.303 e. The first-order chi connectivity index (χ1) is 4.12. The molecule has 0 fully saturated rings. The zero-order chi connectivity index (χ0) is 7.33. The van der Waals surface area contributed by atoms with Crippen LogP contribution in [0, 0.1) is 5.41 Å². The van der Waals surface area contributed by atoms with Gasteiger partial charge in [-0.05, 0) is 5.53 Å². The predicted octanol–water partition coefficient (Wildman–Crippen LogP) is 1.52. The van der Waals surface area contributed by atoms with Crippen molar-refractivity contribution in [2.24, 2.45) is 10.5 Å². The normalized spacial score (nSPS) is 10.0. The number of carbonyl (C=O) groups is 1. The fourth-order valence-corrected chi connectivity index (χ4v) is 0.251. The summed E-state index contributed by atoms with van der Waals surface area (Å²) in [5, 5.41) is 3.26. The van der Waals surface area contributed by atoms with E-state index < -0.39 is 5.41 Å². The van der Waals surface area contributed by atoms with Crippen molar-refractivity contribution in [3.63, 3.8) is 0 Å². The Morgan fingerprint density at radius 3 is 2.67 bits per heavy atom. The van der Waals surface area contributed by atoms with Crippen molar-refractivity contribution in [1.29, 1.82) is 0 Å². The maximum Gasteiger partial charge on any atom is 0.125 e. The lowest BCUT2D eigenvalue weighted by Crippen LogP contribution is -2.16. The van der Waals surface area contributed by atoms with E-state index in [0.717, 1.165) is 6.29 Å². The summed E-state index contributed by atoms with van der Waals surface area (Å²) in [4.78, 5) is 12.7. The van der Waals surface area contributed by atoms with E-state index in [1.54, 1.807) is 13.8 Å². The summed E-state index contributed by atoms with van der Waals surface area (Å²) < 4.78 is 0. The Kier molecular flexibility index (Phi) is 2.74. The molecule has 4 heteroatoms. The highest BCUT2D eigenvalue weighted by atomic mass is 16.1. The van der Waals surface area contributed by atoms with E-state index in [-0.39, 0.29) is 6.54 Å². The molecule has 0 rings (SSSR count). The van der Waals surface area contributed by atoms with Gasteiger partial charge in [0, 0.05) is 16.9 Å². The molecule has 0 bridgehead atoms. The zero-order valence-electron chi connectivity index (χ0n) is 5.53. The second kappa shape index (κ2) is 3.10. The molecule has 0 saturated carbocycles. The number of rotatable bonds is 3. The van der Waals surface area contributed by atoms with Crippen LogP contribution in [0.2, 0.25) is 0 Å².